The van der Waals surface area contributed by atoms with Crippen molar-refractivity contribution in [1.82, 2.24) is 10.2 Å². The Hall–Kier alpha value is -1.59. The van der Waals surface area contributed by atoms with Crippen molar-refractivity contribution >= 4 is 17.8 Å². The Labute approximate surface area is 101 Å². The van der Waals surface area contributed by atoms with E-state index in [0.29, 0.717) is 13.0 Å². The summed E-state index contributed by atoms with van der Waals surface area (Å²) in [4.78, 5) is 34.4. The zero-order valence-electron chi connectivity index (χ0n) is 10.5. The number of rotatable bonds is 7. The largest absolute Gasteiger partial charge is 0.481 e. The van der Waals surface area contributed by atoms with Gasteiger partial charge < -0.3 is 15.3 Å². The summed E-state index contributed by atoms with van der Waals surface area (Å²) >= 11 is 0. The molecule has 6 nitrogen and oxygen atoms in total. The van der Waals surface area contributed by atoms with Gasteiger partial charge in [-0.1, -0.05) is 0 Å². The summed E-state index contributed by atoms with van der Waals surface area (Å²) in [5.41, 5.74) is 0. The molecule has 2 N–H and O–H groups in total. The number of carbonyl (C=O) groups excluding carboxylic acids is 2. The molecule has 0 aliphatic heterocycles. The van der Waals surface area contributed by atoms with Gasteiger partial charge >= 0.3 is 5.97 Å². The molecule has 0 aliphatic rings. The Morgan fingerprint density at radius 3 is 2.29 bits per heavy atom. The molecule has 17 heavy (non-hydrogen) atoms. The topological polar surface area (TPSA) is 86.7 Å². The first-order chi connectivity index (χ1) is 7.84. The average Bonchev–Trinajstić information content (AvgIpc) is 2.20. The minimum absolute atomic E-state index is 0.00921. The number of carboxylic acids is 1. The number of aliphatic carboxylic acids is 1. The molecule has 0 saturated heterocycles. The van der Waals surface area contributed by atoms with Crippen LogP contribution in [-0.2, 0) is 14.4 Å². The van der Waals surface area contributed by atoms with Gasteiger partial charge in [-0.25, -0.2) is 0 Å². The van der Waals surface area contributed by atoms with Crippen molar-refractivity contribution in [3.8, 4) is 0 Å². The molecule has 0 unspecified atom stereocenters. The van der Waals surface area contributed by atoms with Gasteiger partial charge in [0.25, 0.3) is 0 Å². The third-order valence-corrected chi connectivity index (χ3v) is 2.22. The Kier molecular flexibility index (Phi) is 6.93. The van der Waals surface area contributed by atoms with Crippen molar-refractivity contribution < 1.29 is 19.5 Å². The van der Waals surface area contributed by atoms with E-state index in [1.165, 1.54) is 6.92 Å². The standard InChI is InChI=1S/C11H20N2O4/c1-8(2)13(6-4-5-11(16)17)10(15)7-12-9(3)14/h8H,4-7H2,1-3H3,(H,12,14)(H,16,17). The van der Waals surface area contributed by atoms with Gasteiger partial charge in [0.15, 0.2) is 0 Å². The fourth-order valence-corrected chi connectivity index (χ4v) is 1.37. The second-order valence-corrected chi connectivity index (χ2v) is 4.09. The third-order valence-electron chi connectivity index (χ3n) is 2.22. The summed E-state index contributed by atoms with van der Waals surface area (Å²) in [5, 5.41) is 11.0. The Balaban J connectivity index is 4.17. The first-order valence-electron chi connectivity index (χ1n) is 5.60. The van der Waals surface area contributed by atoms with Crippen LogP contribution in [0.2, 0.25) is 0 Å². The van der Waals surface area contributed by atoms with Crippen LogP contribution in [0.1, 0.15) is 33.6 Å². The second kappa shape index (κ2) is 7.65. The number of hydrogen-bond acceptors (Lipinski definition) is 3. The van der Waals surface area contributed by atoms with E-state index >= 15 is 0 Å². The molecule has 0 radical (unpaired) electrons. The predicted molar refractivity (Wildman–Crippen MR) is 62.4 cm³/mol. The first kappa shape index (κ1) is 15.4. The van der Waals surface area contributed by atoms with E-state index in [4.69, 9.17) is 5.11 Å². The molecule has 2 amide bonds. The van der Waals surface area contributed by atoms with Crippen molar-refractivity contribution in [2.45, 2.75) is 39.7 Å². The van der Waals surface area contributed by atoms with Crippen molar-refractivity contribution in [3.63, 3.8) is 0 Å². The number of carboxylic acid groups (broad SMARTS) is 1. The van der Waals surface area contributed by atoms with Gasteiger partial charge in [-0.2, -0.15) is 0 Å². The highest BCUT2D eigenvalue weighted by Gasteiger charge is 2.16. The van der Waals surface area contributed by atoms with E-state index < -0.39 is 5.97 Å². The van der Waals surface area contributed by atoms with E-state index in [1.54, 1.807) is 4.90 Å². The van der Waals surface area contributed by atoms with Gasteiger partial charge in [-0.05, 0) is 20.3 Å². The zero-order chi connectivity index (χ0) is 13.4. The molecule has 0 saturated carbocycles. The summed E-state index contributed by atoms with van der Waals surface area (Å²) in [6.45, 7) is 5.40. The average molecular weight is 244 g/mol. The number of carbonyl (C=O) groups is 3. The fraction of sp³-hybridized carbons (Fsp3) is 0.727. The number of nitrogens with one attached hydrogen (secondary N) is 1. The molecule has 0 fully saturated rings. The molecular weight excluding hydrogens is 224 g/mol. The monoisotopic (exact) mass is 244 g/mol. The lowest BCUT2D eigenvalue weighted by atomic mass is 10.2. The maximum absolute atomic E-state index is 11.7. The van der Waals surface area contributed by atoms with Crippen molar-refractivity contribution in [2.24, 2.45) is 0 Å². The van der Waals surface area contributed by atoms with Crippen LogP contribution < -0.4 is 5.32 Å². The lowest BCUT2D eigenvalue weighted by Crippen LogP contribution is -2.43. The van der Waals surface area contributed by atoms with Gasteiger partial charge in [0, 0.05) is 25.9 Å². The molecule has 98 valence electrons. The molecule has 0 bridgehead atoms. The lowest BCUT2D eigenvalue weighted by Gasteiger charge is -2.26. The van der Waals surface area contributed by atoms with Gasteiger partial charge in [0.05, 0.1) is 6.54 Å². The van der Waals surface area contributed by atoms with Gasteiger partial charge in [0.2, 0.25) is 11.8 Å². The van der Waals surface area contributed by atoms with E-state index in [-0.39, 0.29) is 30.8 Å². The molecule has 0 spiro atoms. The Morgan fingerprint density at radius 1 is 1.29 bits per heavy atom. The fourth-order valence-electron chi connectivity index (χ4n) is 1.37. The summed E-state index contributed by atoms with van der Waals surface area (Å²) in [6.07, 6.45) is 0.454. The molecule has 0 atom stereocenters. The van der Waals surface area contributed by atoms with Crippen LogP contribution in [0.15, 0.2) is 0 Å². The third kappa shape index (κ3) is 7.32. The second-order valence-electron chi connectivity index (χ2n) is 4.09. The minimum atomic E-state index is -0.872. The van der Waals surface area contributed by atoms with Crippen LogP contribution >= 0.6 is 0 Å². The van der Waals surface area contributed by atoms with Crippen LogP contribution in [0.5, 0.6) is 0 Å². The summed E-state index contributed by atoms with van der Waals surface area (Å²) < 4.78 is 0. The molecule has 0 aromatic carbocycles. The van der Waals surface area contributed by atoms with Crippen LogP contribution in [0.3, 0.4) is 0 Å². The zero-order valence-corrected chi connectivity index (χ0v) is 10.5. The number of hydrogen-bond donors (Lipinski definition) is 2. The normalized spacial score (nSPS) is 10.1. The van der Waals surface area contributed by atoms with Crippen LogP contribution in [0.4, 0.5) is 0 Å². The lowest BCUT2D eigenvalue weighted by molar-refractivity contribution is -0.138. The maximum atomic E-state index is 11.7. The number of nitrogens with zero attached hydrogens (tertiary/aromatic N) is 1. The van der Waals surface area contributed by atoms with E-state index in [0.717, 1.165) is 0 Å². The molecule has 0 aliphatic carbocycles. The Morgan fingerprint density at radius 2 is 1.88 bits per heavy atom. The van der Waals surface area contributed by atoms with E-state index in [9.17, 15) is 14.4 Å². The predicted octanol–water partition coefficient (Wildman–Crippen LogP) is 0.224. The summed E-state index contributed by atoms with van der Waals surface area (Å²) in [5.74, 6) is -1.32. The first-order valence-corrected chi connectivity index (χ1v) is 5.60. The van der Waals surface area contributed by atoms with Crippen molar-refractivity contribution in [2.75, 3.05) is 13.1 Å². The van der Waals surface area contributed by atoms with E-state index in [1.807, 2.05) is 13.8 Å². The molecule has 6 heteroatoms. The SMILES string of the molecule is CC(=O)NCC(=O)N(CCCC(=O)O)C(C)C. The smallest absolute Gasteiger partial charge is 0.303 e. The quantitative estimate of drug-likeness (QED) is 0.671. The highest BCUT2D eigenvalue weighted by molar-refractivity contribution is 5.83. The van der Waals surface area contributed by atoms with Gasteiger partial charge in [-0.15, -0.1) is 0 Å². The van der Waals surface area contributed by atoms with Crippen molar-refractivity contribution in [1.29, 1.82) is 0 Å². The van der Waals surface area contributed by atoms with Crippen LogP contribution in [-0.4, -0.2) is 46.9 Å². The van der Waals surface area contributed by atoms with Gasteiger partial charge in [-0.3, -0.25) is 14.4 Å². The van der Waals surface area contributed by atoms with Gasteiger partial charge in [0.1, 0.15) is 0 Å². The molecule has 0 rings (SSSR count). The molecular formula is C11H20N2O4. The van der Waals surface area contributed by atoms with Crippen LogP contribution in [0, 0.1) is 0 Å². The van der Waals surface area contributed by atoms with Crippen LogP contribution in [0.25, 0.3) is 0 Å². The molecule has 0 aromatic heterocycles. The summed E-state index contributed by atoms with van der Waals surface area (Å²) in [6, 6.07) is -0.00921. The highest BCUT2D eigenvalue weighted by atomic mass is 16.4. The minimum Gasteiger partial charge on any atom is -0.481 e. The number of amides is 2. The summed E-state index contributed by atoms with van der Waals surface area (Å²) in [7, 11) is 0. The Bertz CT molecular complexity index is 289. The van der Waals surface area contributed by atoms with E-state index in [2.05, 4.69) is 5.32 Å². The van der Waals surface area contributed by atoms with Crippen molar-refractivity contribution in [3.05, 3.63) is 0 Å². The maximum Gasteiger partial charge on any atom is 0.303 e. The molecule has 0 heterocycles. The molecule has 0 aromatic rings. The highest BCUT2D eigenvalue weighted by Crippen LogP contribution is 2.02.